The zero-order chi connectivity index (χ0) is 15.9. The molecule has 0 aromatic carbocycles. The van der Waals surface area contributed by atoms with Crippen molar-refractivity contribution in [3.8, 4) is 0 Å². The topological polar surface area (TPSA) is 56.9 Å². The minimum absolute atomic E-state index is 0.154. The van der Waals surface area contributed by atoms with Gasteiger partial charge in [0.1, 0.15) is 12.3 Å². The van der Waals surface area contributed by atoms with Crippen LogP contribution in [0.25, 0.3) is 0 Å². The number of rotatable bonds is 8. The molecule has 5 nitrogen and oxygen atoms in total. The minimum atomic E-state index is -4.48. The quantitative estimate of drug-likeness (QED) is 0.790. The van der Waals surface area contributed by atoms with E-state index >= 15 is 0 Å². The third kappa shape index (κ3) is 6.63. The number of hydrogen-bond acceptors (Lipinski definition) is 4. The molecule has 8 heteroatoms. The highest BCUT2D eigenvalue weighted by atomic mass is 19.4. The summed E-state index contributed by atoms with van der Waals surface area (Å²) < 4.78 is 42.7. The smallest absolute Gasteiger partial charge is 0.406 e. The van der Waals surface area contributed by atoms with Gasteiger partial charge in [0.05, 0.1) is 26.0 Å². The molecular formula is C13H19F3N2O3. The highest BCUT2D eigenvalue weighted by molar-refractivity contribution is 5.78. The van der Waals surface area contributed by atoms with Crippen LogP contribution in [0.15, 0.2) is 22.8 Å². The van der Waals surface area contributed by atoms with E-state index in [1.54, 1.807) is 17.9 Å². The summed E-state index contributed by atoms with van der Waals surface area (Å²) in [4.78, 5) is 14.3. The summed E-state index contributed by atoms with van der Waals surface area (Å²) in [7, 11) is 0. The fourth-order valence-corrected chi connectivity index (χ4v) is 1.82. The van der Waals surface area contributed by atoms with Crippen LogP contribution in [0.3, 0.4) is 0 Å². The van der Waals surface area contributed by atoms with E-state index in [0.717, 1.165) is 0 Å². The van der Waals surface area contributed by atoms with Gasteiger partial charge in [-0.2, -0.15) is 13.2 Å². The van der Waals surface area contributed by atoms with Gasteiger partial charge < -0.3 is 14.4 Å². The lowest BCUT2D eigenvalue weighted by Gasteiger charge is -2.26. The predicted octanol–water partition coefficient (Wildman–Crippen LogP) is 1.48. The average molecular weight is 308 g/mol. The number of carbonyl (C=O) groups is 1. The molecule has 0 radical (unpaired) electrons. The largest absolute Gasteiger partial charge is 0.467 e. The molecule has 0 aliphatic heterocycles. The number of furan rings is 1. The molecule has 1 heterocycles. The number of aliphatic hydroxyl groups is 1. The normalized spacial score (nSPS) is 11.9. The molecule has 21 heavy (non-hydrogen) atoms. The van der Waals surface area contributed by atoms with E-state index in [1.165, 1.54) is 12.3 Å². The molecule has 0 bridgehead atoms. The van der Waals surface area contributed by atoms with Crippen molar-refractivity contribution in [2.24, 2.45) is 0 Å². The van der Waals surface area contributed by atoms with Crippen molar-refractivity contribution < 1.29 is 27.5 Å². The van der Waals surface area contributed by atoms with E-state index in [4.69, 9.17) is 9.52 Å². The third-order valence-corrected chi connectivity index (χ3v) is 2.87. The van der Waals surface area contributed by atoms with Gasteiger partial charge >= 0.3 is 6.18 Å². The number of nitrogens with zero attached hydrogens (tertiary/aromatic N) is 2. The van der Waals surface area contributed by atoms with E-state index in [9.17, 15) is 18.0 Å². The number of hydrogen-bond donors (Lipinski definition) is 1. The van der Waals surface area contributed by atoms with Gasteiger partial charge in [0.2, 0.25) is 5.91 Å². The third-order valence-electron chi connectivity index (χ3n) is 2.87. The molecule has 0 spiro atoms. The highest BCUT2D eigenvalue weighted by Crippen LogP contribution is 2.18. The predicted molar refractivity (Wildman–Crippen MR) is 69.4 cm³/mol. The Bertz CT molecular complexity index is 421. The first-order valence-corrected chi connectivity index (χ1v) is 6.55. The molecule has 0 saturated heterocycles. The Kier molecular flexibility index (Phi) is 6.70. The summed E-state index contributed by atoms with van der Waals surface area (Å²) in [6.07, 6.45) is -3.13. The zero-order valence-corrected chi connectivity index (χ0v) is 11.8. The number of carbonyl (C=O) groups excluding carboxylic acids is 1. The summed E-state index contributed by atoms with van der Waals surface area (Å²) in [5.74, 6) is -0.364. The number of likely N-dealkylation sites (N-methyl/N-ethyl adjacent to an activating group) is 1. The maximum Gasteiger partial charge on any atom is 0.406 e. The van der Waals surface area contributed by atoms with Gasteiger partial charge in [0, 0.05) is 6.54 Å². The minimum Gasteiger partial charge on any atom is -0.467 e. The van der Waals surface area contributed by atoms with Crippen LogP contribution in [0.4, 0.5) is 13.2 Å². The molecule has 0 aliphatic carbocycles. The molecule has 0 saturated carbocycles. The number of amides is 1. The van der Waals surface area contributed by atoms with E-state index in [0.29, 0.717) is 11.4 Å². The van der Waals surface area contributed by atoms with Crippen LogP contribution in [0.5, 0.6) is 0 Å². The summed E-state index contributed by atoms with van der Waals surface area (Å²) in [6, 6.07) is 3.07. The van der Waals surface area contributed by atoms with Crippen LogP contribution >= 0.6 is 0 Å². The maximum absolute atomic E-state index is 12.6. The van der Waals surface area contributed by atoms with Gasteiger partial charge in [-0.1, -0.05) is 6.92 Å². The molecule has 1 aromatic heterocycles. The van der Waals surface area contributed by atoms with E-state index < -0.39 is 18.6 Å². The summed E-state index contributed by atoms with van der Waals surface area (Å²) >= 11 is 0. The highest BCUT2D eigenvalue weighted by Gasteiger charge is 2.33. The second kappa shape index (κ2) is 8.04. The van der Waals surface area contributed by atoms with Gasteiger partial charge in [0.25, 0.3) is 0 Å². The molecule has 1 rings (SSSR count). The second-order valence-corrected chi connectivity index (χ2v) is 4.54. The molecule has 1 aromatic rings. The first kappa shape index (κ1) is 17.5. The molecule has 1 N–H and O–H groups in total. The Labute approximate surface area is 120 Å². The first-order valence-electron chi connectivity index (χ1n) is 6.55. The number of alkyl halides is 3. The van der Waals surface area contributed by atoms with E-state index in [2.05, 4.69) is 0 Å². The Morgan fingerprint density at radius 1 is 1.43 bits per heavy atom. The van der Waals surface area contributed by atoms with Gasteiger partial charge in [-0.05, 0) is 18.7 Å². The lowest BCUT2D eigenvalue weighted by molar-refractivity contribution is -0.163. The first-order chi connectivity index (χ1) is 9.85. The van der Waals surface area contributed by atoms with Gasteiger partial charge in [0.15, 0.2) is 0 Å². The van der Waals surface area contributed by atoms with Crippen LogP contribution in [0, 0.1) is 0 Å². The maximum atomic E-state index is 12.6. The van der Waals surface area contributed by atoms with Crippen molar-refractivity contribution >= 4 is 5.91 Å². The van der Waals surface area contributed by atoms with Gasteiger partial charge in [-0.15, -0.1) is 0 Å². The van der Waals surface area contributed by atoms with Crippen molar-refractivity contribution in [2.45, 2.75) is 19.6 Å². The Morgan fingerprint density at radius 2 is 2.14 bits per heavy atom. The van der Waals surface area contributed by atoms with Crippen molar-refractivity contribution in [3.63, 3.8) is 0 Å². The summed E-state index contributed by atoms with van der Waals surface area (Å²) in [5.41, 5.74) is 0. The lowest BCUT2D eigenvalue weighted by Crippen LogP contribution is -2.44. The summed E-state index contributed by atoms with van der Waals surface area (Å²) in [5, 5.41) is 8.85. The molecule has 0 aliphatic rings. The Balaban J connectivity index is 2.72. The fraction of sp³-hybridized carbons (Fsp3) is 0.615. The Hall–Kier alpha value is -1.54. The molecule has 120 valence electrons. The van der Waals surface area contributed by atoms with E-state index in [1.807, 2.05) is 0 Å². The van der Waals surface area contributed by atoms with Crippen molar-refractivity contribution in [3.05, 3.63) is 24.2 Å². The standard InChI is InChI=1S/C13H19F3N2O3/c1-2-17(5-6-19)9-12(20)18(10-13(14,15)16)8-11-4-3-7-21-11/h3-4,7,19H,2,5-6,8-10H2,1H3. The van der Waals surface area contributed by atoms with E-state index in [-0.39, 0.29) is 32.0 Å². The second-order valence-electron chi connectivity index (χ2n) is 4.54. The Morgan fingerprint density at radius 3 is 2.62 bits per heavy atom. The van der Waals surface area contributed by atoms with Crippen LogP contribution in [-0.4, -0.2) is 59.8 Å². The molecular weight excluding hydrogens is 289 g/mol. The molecule has 0 atom stereocenters. The molecule has 0 unspecified atom stereocenters. The van der Waals surface area contributed by atoms with Crippen LogP contribution in [0.2, 0.25) is 0 Å². The number of halogens is 3. The van der Waals surface area contributed by atoms with Crippen LogP contribution in [-0.2, 0) is 11.3 Å². The van der Waals surface area contributed by atoms with Crippen molar-refractivity contribution in [1.29, 1.82) is 0 Å². The molecule has 0 fully saturated rings. The fourth-order valence-electron chi connectivity index (χ4n) is 1.82. The van der Waals surface area contributed by atoms with Crippen molar-refractivity contribution in [2.75, 3.05) is 32.8 Å². The van der Waals surface area contributed by atoms with Crippen LogP contribution in [0.1, 0.15) is 12.7 Å². The number of aliphatic hydroxyl groups excluding tert-OH is 1. The monoisotopic (exact) mass is 308 g/mol. The lowest BCUT2D eigenvalue weighted by atomic mass is 10.3. The summed E-state index contributed by atoms with van der Waals surface area (Å²) in [6.45, 7) is 0.580. The van der Waals surface area contributed by atoms with Crippen molar-refractivity contribution in [1.82, 2.24) is 9.80 Å². The molecule has 1 amide bonds. The average Bonchev–Trinajstić information content (AvgIpc) is 2.88. The SMILES string of the molecule is CCN(CCO)CC(=O)N(Cc1ccco1)CC(F)(F)F. The zero-order valence-electron chi connectivity index (χ0n) is 11.8. The van der Waals surface area contributed by atoms with Gasteiger partial charge in [-0.25, -0.2) is 0 Å². The van der Waals surface area contributed by atoms with Crippen LogP contribution < -0.4 is 0 Å². The van der Waals surface area contributed by atoms with Gasteiger partial charge in [-0.3, -0.25) is 9.69 Å².